The number of carbonyl (C=O) groups excluding carboxylic acids is 1. The molecular weight excluding hydrogens is 250 g/mol. The van der Waals surface area contributed by atoms with Gasteiger partial charge in [-0.05, 0) is 17.7 Å². The van der Waals surface area contributed by atoms with Gasteiger partial charge in [0.15, 0.2) is 5.82 Å². The van der Waals surface area contributed by atoms with Crippen LogP contribution in [0.4, 0.5) is 5.82 Å². The van der Waals surface area contributed by atoms with Crippen LogP contribution in [-0.2, 0) is 22.6 Å². The Morgan fingerprint density at radius 2 is 2.05 bits per heavy atom. The van der Waals surface area contributed by atoms with Crippen LogP contribution in [0.2, 0.25) is 0 Å². The number of nitrogens with zero attached hydrogens (tertiary/aromatic N) is 4. The van der Waals surface area contributed by atoms with Gasteiger partial charge in [0.2, 0.25) is 5.91 Å². The maximum atomic E-state index is 11.7. The molecule has 0 atom stereocenters. The Kier molecular flexibility index (Phi) is 3.81. The molecule has 0 fully saturated rings. The molecule has 2 aromatic rings. The van der Waals surface area contributed by atoms with Crippen molar-refractivity contribution in [1.29, 1.82) is 0 Å². The molecule has 1 amide bonds. The largest absolute Gasteiger partial charge is 0.480 e. The van der Waals surface area contributed by atoms with Crippen LogP contribution in [0.1, 0.15) is 5.56 Å². The van der Waals surface area contributed by atoms with Crippen molar-refractivity contribution >= 4 is 17.7 Å². The zero-order valence-electron chi connectivity index (χ0n) is 9.85. The Hall–Kier alpha value is -2.77. The average molecular weight is 261 g/mol. The minimum Gasteiger partial charge on any atom is -0.480 e. The fraction of sp³-hybridized carbons (Fsp3) is 0.182. The van der Waals surface area contributed by atoms with Crippen LogP contribution in [0.25, 0.3) is 0 Å². The van der Waals surface area contributed by atoms with E-state index in [9.17, 15) is 9.59 Å². The number of pyridine rings is 1. The molecule has 8 nitrogen and oxygen atoms in total. The lowest BCUT2D eigenvalue weighted by Crippen LogP contribution is -2.14. The number of aliphatic carboxylic acids is 1. The first-order valence-electron chi connectivity index (χ1n) is 5.44. The van der Waals surface area contributed by atoms with E-state index in [1.54, 1.807) is 24.5 Å². The van der Waals surface area contributed by atoms with Gasteiger partial charge in [0, 0.05) is 12.4 Å². The number of hydrogen-bond donors (Lipinski definition) is 2. The van der Waals surface area contributed by atoms with Crippen molar-refractivity contribution in [2.75, 3.05) is 5.32 Å². The number of nitrogens with one attached hydrogen (secondary N) is 1. The van der Waals surface area contributed by atoms with Crippen LogP contribution < -0.4 is 5.32 Å². The van der Waals surface area contributed by atoms with Crippen LogP contribution in [-0.4, -0.2) is 37.0 Å². The Morgan fingerprint density at radius 3 is 2.74 bits per heavy atom. The molecule has 2 rings (SSSR count). The second kappa shape index (κ2) is 5.71. The molecule has 0 spiro atoms. The average Bonchev–Trinajstić information content (AvgIpc) is 2.76. The van der Waals surface area contributed by atoms with E-state index in [4.69, 9.17) is 5.11 Å². The van der Waals surface area contributed by atoms with E-state index in [2.05, 4.69) is 20.6 Å². The van der Waals surface area contributed by atoms with E-state index in [0.29, 0.717) is 0 Å². The van der Waals surface area contributed by atoms with Crippen molar-refractivity contribution in [3.05, 3.63) is 36.3 Å². The van der Waals surface area contributed by atoms with Gasteiger partial charge in [-0.3, -0.25) is 14.6 Å². The molecule has 2 aromatic heterocycles. The van der Waals surface area contributed by atoms with Crippen molar-refractivity contribution in [2.24, 2.45) is 0 Å². The second-order valence-electron chi connectivity index (χ2n) is 3.78. The quantitative estimate of drug-likeness (QED) is 0.780. The lowest BCUT2D eigenvalue weighted by molar-refractivity contribution is -0.137. The first-order valence-corrected chi connectivity index (χ1v) is 5.44. The van der Waals surface area contributed by atoms with Crippen molar-refractivity contribution in [3.63, 3.8) is 0 Å². The van der Waals surface area contributed by atoms with Gasteiger partial charge in [0.05, 0.1) is 12.6 Å². The molecule has 98 valence electrons. The van der Waals surface area contributed by atoms with Gasteiger partial charge in [-0.1, -0.05) is 5.21 Å². The molecule has 0 radical (unpaired) electrons. The number of anilines is 1. The number of carboxylic acid groups (broad SMARTS) is 1. The van der Waals surface area contributed by atoms with Gasteiger partial charge < -0.3 is 10.4 Å². The lowest BCUT2D eigenvalue weighted by Gasteiger charge is -2.00. The Balaban J connectivity index is 1.92. The molecule has 8 heteroatoms. The van der Waals surface area contributed by atoms with Crippen molar-refractivity contribution in [3.8, 4) is 0 Å². The van der Waals surface area contributed by atoms with Crippen LogP contribution >= 0.6 is 0 Å². The highest BCUT2D eigenvalue weighted by atomic mass is 16.4. The minimum absolute atomic E-state index is 0.189. The number of carboxylic acids is 1. The van der Waals surface area contributed by atoms with E-state index in [1.807, 2.05) is 0 Å². The third kappa shape index (κ3) is 3.87. The molecule has 0 aromatic carbocycles. The molecule has 0 saturated carbocycles. The van der Waals surface area contributed by atoms with Gasteiger partial charge in [-0.2, -0.15) is 0 Å². The highest BCUT2D eigenvalue weighted by Gasteiger charge is 2.08. The molecule has 0 aliphatic carbocycles. The number of aromatic nitrogens is 4. The predicted octanol–water partition coefficient (Wildman–Crippen LogP) is -0.0611. The van der Waals surface area contributed by atoms with Gasteiger partial charge in [0.1, 0.15) is 6.54 Å². The van der Waals surface area contributed by atoms with Gasteiger partial charge in [0.25, 0.3) is 0 Å². The summed E-state index contributed by atoms with van der Waals surface area (Å²) in [6.45, 7) is -0.298. The van der Waals surface area contributed by atoms with Crippen LogP contribution in [0, 0.1) is 0 Å². The summed E-state index contributed by atoms with van der Waals surface area (Å²) in [5.41, 5.74) is 0.824. The summed E-state index contributed by atoms with van der Waals surface area (Å²) >= 11 is 0. The van der Waals surface area contributed by atoms with Gasteiger partial charge in [-0.25, -0.2) is 4.68 Å². The standard InChI is InChI=1S/C11H11N5O3/c17-10(5-8-1-3-12-4-2-8)13-9-6-16(15-14-9)7-11(18)19/h1-4,6H,5,7H2,(H,13,17)(H,18,19). The lowest BCUT2D eigenvalue weighted by atomic mass is 10.2. The van der Waals surface area contributed by atoms with Crippen molar-refractivity contribution in [2.45, 2.75) is 13.0 Å². The molecule has 0 aliphatic rings. The predicted molar refractivity (Wildman–Crippen MR) is 64.2 cm³/mol. The molecule has 0 saturated heterocycles. The molecule has 19 heavy (non-hydrogen) atoms. The number of carbonyl (C=O) groups is 2. The van der Waals surface area contributed by atoms with Crippen molar-refractivity contribution in [1.82, 2.24) is 20.0 Å². The third-order valence-corrected chi connectivity index (χ3v) is 2.22. The highest BCUT2D eigenvalue weighted by molar-refractivity contribution is 5.91. The van der Waals surface area contributed by atoms with E-state index in [0.717, 1.165) is 10.2 Å². The zero-order chi connectivity index (χ0) is 13.7. The van der Waals surface area contributed by atoms with Crippen molar-refractivity contribution < 1.29 is 14.7 Å². The summed E-state index contributed by atoms with van der Waals surface area (Å²) in [5, 5.41) is 18.3. The number of amides is 1. The van der Waals surface area contributed by atoms with Crippen LogP contribution in [0.5, 0.6) is 0 Å². The first-order chi connectivity index (χ1) is 9.13. The summed E-state index contributed by atoms with van der Waals surface area (Å²) in [4.78, 5) is 26.0. The molecular formula is C11H11N5O3. The Morgan fingerprint density at radius 1 is 1.32 bits per heavy atom. The summed E-state index contributed by atoms with van der Waals surface area (Å²) in [7, 11) is 0. The molecule has 2 heterocycles. The zero-order valence-corrected chi connectivity index (χ0v) is 9.85. The molecule has 0 aliphatic heterocycles. The fourth-order valence-electron chi connectivity index (χ4n) is 1.44. The first kappa shape index (κ1) is 12.7. The summed E-state index contributed by atoms with van der Waals surface area (Å²) in [6.07, 6.45) is 4.75. The summed E-state index contributed by atoms with van der Waals surface area (Å²) < 4.78 is 1.13. The normalized spacial score (nSPS) is 10.1. The highest BCUT2D eigenvalue weighted by Crippen LogP contribution is 2.03. The van der Waals surface area contributed by atoms with Gasteiger partial charge >= 0.3 is 5.97 Å². The smallest absolute Gasteiger partial charge is 0.325 e. The summed E-state index contributed by atoms with van der Waals surface area (Å²) in [5.74, 6) is -1.06. The SMILES string of the molecule is O=C(O)Cn1cc(NC(=O)Cc2ccncc2)nn1. The van der Waals surface area contributed by atoms with Gasteiger partial charge in [-0.15, -0.1) is 5.10 Å². The number of rotatable bonds is 5. The second-order valence-corrected chi connectivity index (χ2v) is 3.78. The van der Waals surface area contributed by atoms with E-state index >= 15 is 0 Å². The van der Waals surface area contributed by atoms with E-state index < -0.39 is 5.97 Å². The maximum absolute atomic E-state index is 11.7. The van der Waals surface area contributed by atoms with E-state index in [-0.39, 0.29) is 24.7 Å². The molecule has 0 unspecified atom stereocenters. The van der Waals surface area contributed by atoms with Crippen LogP contribution in [0.3, 0.4) is 0 Å². The third-order valence-electron chi connectivity index (χ3n) is 2.22. The maximum Gasteiger partial charge on any atom is 0.325 e. The topological polar surface area (TPSA) is 110 Å². The molecule has 0 bridgehead atoms. The Labute approximate surface area is 108 Å². The number of hydrogen-bond acceptors (Lipinski definition) is 5. The fourth-order valence-corrected chi connectivity index (χ4v) is 1.44. The van der Waals surface area contributed by atoms with E-state index in [1.165, 1.54) is 6.20 Å². The monoisotopic (exact) mass is 261 g/mol. The molecule has 2 N–H and O–H groups in total. The van der Waals surface area contributed by atoms with Crippen LogP contribution in [0.15, 0.2) is 30.7 Å². The Bertz CT molecular complexity index is 581. The minimum atomic E-state index is -1.03. The summed E-state index contributed by atoms with van der Waals surface area (Å²) in [6, 6.07) is 3.47.